The summed E-state index contributed by atoms with van der Waals surface area (Å²) >= 11 is 6.03. The van der Waals surface area contributed by atoms with Gasteiger partial charge in [-0.05, 0) is 29.3 Å². The van der Waals surface area contributed by atoms with Gasteiger partial charge in [-0.2, -0.15) is 0 Å². The molecule has 0 unspecified atom stereocenters. The lowest BCUT2D eigenvalue weighted by Gasteiger charge is -2.28. The van der Waals surface area contributed by atoms with Crippen molar-refractivity contribution in [2.45, 2.75) is 12.0 Å². The average molecular weight is 392 g/mol. The van der Waals surface area contributed by atoms with Gasteiger partial charge in [0.25, 0.3) is 0 Å². The summed E-state index contributed by atoms with van der Waals surface area (Å²) in [4.78, 5) is 0. The van der Waals surface area contributed by atoms with Crippen LogP contribution in [0.5, 0.6) is 5.75 Å². The Morgan fingerprint density at radius 3 is 2.11 bits per heavy atom. The number of benzene rings is 3. The number of hydrogen-bond donors (Lipinski definition) is 2. The van der Waals surface area contributed by atoms with Crippen LogP contribution in [0.1, 0.15) is 16.8 Å². The maximum absolute atomic E-state index is 11.6. The molecule has 5 nitrogen and oxygen atoms in total. The van der Waals surface area contributed by atoms with E-state index in [0.29, 0.717) is 16.4 Å². The lowest BCUT2D eigenvalue weighted by Crippen LogP contribution is -2.30. The molecule has 4 rings (SSSR count). The summed E-state index contributed by atoms with van der Waals surface area (Å²) in [6.07, 6.45) is 1.91. The summed E-state index contributed by atoms with van der Waals surface area (Å²) in [6, 6.07) is 23.7. The fourth-order valence-electron chi connectivity index (χ4n) is 3.24. The number of aromatic hydroxyl groups is 1. The van der Waals surface area contributed by atoms with E-state index in [1.807, 2.05) is 60.7 Å². The molecule has 140 valence electrons. The molecule has 0 aliphatic rings. The monoisotopic (exact) mass is 391 g/mol. The highest BCUT2D eigenvalue weighted by Crippen LogP contribution is 2.33. The molecular weight excluding hydrogens is 374 g/mol. The first kappa shape index (κ1) is 18.2. The van der Waals surface area contributed by atoms with Gasteiger partial charge in [0.05, 0.1) is 11.9 Å². The highest BCUT2D eigenvalue weighted by atomic mass is 35.5. The molecule has 0 aliphatic heterocycles. The Kier molecular flexibility index (Phi) is 4.86. The molecule has 0 saturated heterocycles. The molecule has 4 aromatic rings. The van der Waals surface area contributed by atoms with E-state index >= 15 is 0 Å². The van der Waals surface area contributed by atoms with Gasteiger partial charge in [0, 0.05) is 11.4 Å². The van der Waals surface area contributed by atoms with Crippen LogP contribution in [0.3, 0.4) is 0 Å². The summed E-state index contributed by atoms with van der Waals surface area (Å²) in [6.45, 7) is 0. The number of aromatic nitrogens is 3. The third-order valence-electron chi connectivity index (χ3n) is 4.66. The van der Waals surface area contributed by atoms with Crippen molar-refractivity contribution in [3.63, 3.8) is 0 Å². The molecule has 0 spiro atoms. The molecule has 0 saturated carbocycles. The molecule has 1 aromatic heterocycles. The first-order valence-electron chi connectivity index (χ1n) is 8.80. The van der Waals surface area contributed by atoms with Gasteiger partial charge in [0.15, 0.2) is 0 Å². The fraction of sp³-hybridized carbons (Fsp3) is 0.0909. The summed E-state index contributed by atoms with van der Waals surface area (Å²) in [5.74, 6) is 0.0437. The third kappa shape index (κ3) is 3.50. The fourth-order valence-corrected chi connectivity index (χ4v) is 3.40. The zero-order valence-corrected chi connectivity index (χ0v) is 15.7. The van der Waals surface area contributed by atoms with Crippen LogP contribution in [0.4, 0.5) is 0 Å². The molecule has 1 heterocycles. The predicted octanol–water partition coefficient (Wildman–Crippen LogP) is 4.10. The standard InChI is InChI=1S/C22H18ClN3O2/c23-18-11-12-21(27)20(13-18)26-15-19(24-25-26)14-22(28,16-7-3-1-4-8-16)17-9-5-2-6-10-17/h1-13,15,27-28H,14H2. The molecule has 2 N–H and O–H groups in total. The Hall–Kier alpha value is -3.15. The van der Waals surface area contributed by atoms with Gasteiger partial charge in [0.1, 0.15) is 17.0 Å². The van der Waals surface area contributed by atoms with Gasteiger partial charge in [0.2, 0.25) is 0 Å². The molecule has 0 aliphatic carbocycles. The third-order valence-corrected chi connectivity index (χ3v) is 4.90. The van der Waals surface area contributed by atoms with E-state index in [1.54, 1.807) is 18.3 Å². The van der Waals surface area contributed by atoms with Crippen molar-refractivity contribution in [3.8, 4) is 11.4 Å². The van der Waals surface area contributed by atoms with Gasteiger partial charge in [-0.25, -0.2) is 4.68 Å². The number of halogens is 1. The highest BCUT2D eigenvalue weighted by molar-refractivity contribution is 6.30. The Bertz CT molecular complexity index is 1040. The number of phenols is 1. The Morgan fingerprint density at radius 2 is 1.50 bits per heavy atom. The molecule has 0 atom stereocenters. The summed E-state index contributed by atoms with van der Waals surface area (Å²) in [5.41, 5.74) is 1.27. The second-order valence-electron chi connectivity index (χ2n) is 6.56. The zero-order chi connectivity index (χ0) is 19.6. The van der Waals surface area contributed by atoms with Crippen LogP contribution < -0.4 is 0 Å². The van der Waals surface area contributed by atoms with Crippen molar-refractivity contribution in [2.24, 2.45) is 0 Å². The van der Waals surface area contributed by atoms with E-state index in [9.17, 15) is 10.2 Å². The highest BCUT2D eigenvalue weighted by Gasteiger charge is 2.33. The minimum absolute atomic E-state index is 0.0437. The molecule has 3 aromatic carbocycles. The molecule has 28 heavy (non-hydrogen) atoms. The number of phenolic OH excluding ortho intramolecular Hbond substituents is 1. The molecule has 0 fully saturated rings. The van der Waals surface area contributed by atoms with Crippen LogP contribution in [-0.2, 0) is 12.0 Å². The largest absolute Gasteiger partial charge is 0.506 e. The Balaban J connectivity index is 1.73. The minimum Gasteiger partial charge on any atom is -0.506 e. The number of nitrogens with zero attached hydrogens (tertiary/aromatic N) is 3. The van der Waals surface area contributed by atoms with Crippen molar-refractivity contribution in [1.82, 2.24) is 15.0 Å². The first-order valence-corrected chi connectivity index (χ1v) is 9.17. The predicted molar refractivity (Wildman–Crippen MR) is 108 cm³/mol. The smallest absolute Gasteiger partial charge is 0.141 e. The number of aliphatic hydroxyl groups is 1. The topological polar surface area (TPSA) is 71.2 Å². The number of rotatable bonds is 5. The maximum atomic E-state index is 11.6. The van der Waals surface area contributed by atoms with Crippen molar-refractivity contribution in [2.75, 3.05) is 0 Å². The second-order valence-corrected chi connectivity index (χ2v) is 6.99. The van der Waals surface area contributed by atoms with Gasteiger partial charge in [-0.1, -0.05) is 77.5 Å². The summed E-state index contributed by atoms with van der Waals surface area (Å²) < 4.78 is 1.45. The summed E-state index contributed by atoms with van der Waals surface area (Å²) in [5, 5.41) is 30.5. The summed E-state index contributed by atoms with van der Waals surface area (Å²) in [7, 11) is 0. The average Bonchev–Trinajstić information content (AvgIpc) is 3.19. The van der Waals surface area contributed by atoms with E-state index in [1.165, 1.54) is 10.7 Å². The Labute approximate surface area is 167 Å². The van der Waals surface area contributed by atoms with Crippen LogP contribution >= 0.6 is 11.6 Å². The maximum Gasteiger partial charge on any atom is 0.141 e. The van der Waals surface area contributed by atoms with E-state index in [-0.39, 0.29) is 12.2 Å². The number of hydrogen-bond acceptors (Lipinski definition) is 4. The first-order chi connectivity index (χ1) is 13.6. The van der Waals surface area contributed by atoms with Crippen molar-refractivity contribution >= 4 is 11.6 Å². The van der Waals surface area contributed by atoms with Crippen molar-refractivity contribution in [1.29, 1.82) is 0 Å². The molecule has 0 amide bonds. The lowest BCUT2D eigenvalue weighted by molar-refractivity contribution is 0.0800. The second kappa shape index (κ2) is 7.46. The minimum atomic E-state index is -1.26. The molecule has 6 heteroatoms. The van der Waals surface area contributed by atoms with Gasteiger partial charge < -0.3 is 10.2 Å². The SMILES string of the molecule is Oc1ccc(Cl)cc1-n1cc(CC(O)(c2ccccc2)c2ccccc2)nn1. The van der Waals surface area contributed by atoms with Gasteiger partial charge in [-0.15, -0.1) is 5.10 Å². The quantitative estimate of drug-likeness (QED) is 0.537. The lowest BCUT2D eigenvalue weighted by atomic mass is 9.83. The van der Waals surface area contributed by atoms with Crippen molar-refractivity contribution in [3.05, 3.63) is 107 Å². The molecule has 0 radical (unpaired) electrons. The van der Waals surface area contributed by atoms with Crippen molar-refractivity contribution < 1.29 is 10.2 Å². The van der Waals surface area contributed by atoms with Crippen LogP contribution in [0, 0.1) is 0 Å². The van der Waals surface area contributed by atoms with Crippen LogP contribution in [0.2, 0.25) is 5.02 Å². The van der Waals surface area contributed by atoms with Gasteiger partial charge >= 0.3 is 0 Å². The van der Waals surface area contributed by atoms with E-state index < -0.39 is 5.60 Å². The van der Waals surface area contributed by atoms with E-state index in [0.717, 1.165) is 11.1 Å². The van der Waals surface area contributed by atoms with E-state index in [4.69, 9.17) is 11.6 Å². The molecule has 0 bridgehead atoms. The van der Waals surface area contributed by atoms with Crippen LogP contribution in [0.25, 0.3) is 5.69 Å². The zero-order valence-electron chi connectivity index (χ0n) is 14.9. The van der Waals surface area contributed by atoms with Gasteiger partial charge in [-0.3, -0.25) is 0 Å². The molecular formula is C22H18ClN3O2. The van der Waals surface area contributed by atoms with Crippen LogP contribution in [-0.4, -0.2) is 25.2 Å². The Morgan fingerprint density at radius 1 is 0.893 bits per heavy atom. The normalized spacial score (nSPS) is 11.5. The van der Waals surface area contributed by atoms with Crippen LogP contribution in [0.15, 0.2) is 85.1 Å². The van der Waals surface area contributed by atoms with E-state index in [2.05, 4.69) is 10.3 Å².